The zero-order valence-electron chi connectivity index (χ0n) is 21.7. The summed E-state index contributed by atoms with van der Waals surface area (Å²) in [6.07, 6.45) is 0.0978. The van der Waals surface area contributed by atoms with Gasteiger partial charge in [0.25, 0.3) is 5.91 Å². The number of likely N-dealkylation sites (tertiary alicyclic amines) is 1. The molecule has 0 bridgehead atoms. The minimum absolute atomic E-state index is 0.00246. The number of benzene rings is 2. The van der Waals surface area contributed by atoms with Crippen LogP contribution < -0.4 is 5.32 Å². The second-order valence-corrected chi connectivity index (χ2v) is 10.3. The van der Waals surface area contributed by atoms with Crippen LogP contribution in [0.4, 0.5) is 18.9 Å². The number of aromatic nitrogens is 3. The number of piperidine rings is 1. The molecule has 2 aliphatic rings. The standard InChI is InChI=1S/C30H26F3N5O2/c1-18-2-7-23-24(16-18)35-28(39)27(23)20-10-14-37(15-11-20)29(40)25-17-26(19-8-12-34-13-9-19)38(36-25)22-5-3-21(4-6-22)30(31,32)33/h2-9,12-13,16-17,20,27H,10-11,14-15H2,1H3,(H,35,39). The van der Waals surface area contributed by atoms with E-state index in [1.54, 1.807) is 35.5 Å². The molecule has 1 unspecified atom stereocenters. The van der Waals surface area contributed by atoms with Crippen molar-refractivity contribution in [3.05, 3.63) is 95.4 Å². The molecule has 1 saturated heterocycles. The van der Waals surface area contributed by atoms with E-state index in [0.717, 1.165) is 34.5 Å². The highest BCUT2D eigenvalue weighted by atomic mass is 19.4. The first-order valence-electron chi connectivity index (χ1n) is 13.1. The molecule has 2 aromatic carbocycles. The van der Waals surface area contributed by atoms with E-state index in [-0.39, 0.29) is 29.3 Å². The summed E-state index contributed by atoms with van der Waals surface area (Å²) in [4.78, 5) is 32.1. The first-order valence-corrected chi connectivity index (χ1v) is 13.1. The minimum atomic E-state index is -4.45. The molecular weight excluding hydrogens is 519 g/mol. The van der Waals surface area contributed by atoms with Gasteiger partial charge >= 0.3 is 6.18 Å². The lowest BCUT2D eigenvalue weighted by atomic mass is 9.80. The molecular formula is C30H26F3N5O2. The highest BCUT2D eigenvalue weighted by molar-refractivity contribution is 6.03. The van der Waals surface area contributed by atoms with Gasteiger partial charge in [0.2, 0.25) is 5.91 Å². The predicted octanol–water partition coefficient (Wildman–Crippen LogP) is 5.85. The summed E-state index contributed by atoms with van der Waals surface area (Å²) in [6.45, 7) is 2.95. The average molecular weight is 546 g/mol. The topological polar surface area (TPSA) is 80.1 Å². The summed E-state index contributed by atoms with van der Waals surface area (Å²) < 4.78 is 40.8. The van der Waals surface area contributed by atoms with Gasteiger partial charge in [-0.05, 0) is 85.3 Å². The maximum absolute atomic E-state index is 13.6. The number of halogens is 3. The van der Waals surface area contributed by atoms with Crippen molar-refractivity contribution in [1.29, 1.82) is 0 Å². The van der Waals surface area contributed by atoms with E-state index in [2.05, 4.69) is 15.4 Å². The molecule has 6 rings (SSSR count). The summed E-state index contributed by atoms with van der Waals surface area (Å²) >= 11 is 0. The van der Waals surface area contributed by atoms with Gasteiger partial charge < -0.3 is 10.2 Å². The highest BCUT2D eigenvalue weighted by Gasteiger charge is 2.39. The van der Waals surface area contributed by atoms with Crippen LogP contribution in [0.1, 0.15) is 45.9 Å². The average Bonchev–Trinajstić information content (AvgIpc) is 3.53. The van der Waals surface area contributed by atoms with E-state index in [1.165, 1.54) is 16.8 Å². The number of aryl methyl sites for hydroxylation is 1. The molecule has 2 aromatic heterocycles. The van der Waals surface area contributed by atoms with E-state index in [9.17, 15) is 22.8 Å². The number of hydrogen-bond acceptors (Lipinski definition) is 4. The molecule has 4 aromatic rings. The van der Waals surface area contributed by atoms with E-state index in [0.29, 0.717) is 37.3 Å². The van der Waals surface area contributed by atoms with Crippen LogP contribution >= 0.6 is 0 Å². The molecule has 1 fully saturated rings. The van der Waals surface area contributed by atoms with Gasteiger partial charge in [0.1, 0.15) is 0 Å². The van der Waals surface area contributed by atoms with Gasteiger partial charge in [-0.3, -0.25) is 14.6 Å². The van der Waals surface area contributed by atoms with Gasteiger partial charge in [-0.1, -0.05) is 12.1 Å². The number of fused-ring (bicyclic) bond motifs is 1. The quantitative estimate of drug-likeness (QED) is 0.349. The number of hydrogen-bond donors (Lipinski definition) is 1. The van der Waals surface area contributed by atoms with E-state index in [4.69, 9.17) is 0 Å². The Morgan fingerprint density at radius 3 is 2.35 bits per heavy atom. The SMILES string of the molecule is Cc1ccc2c(c1)NC(=O)C2C1CCN(C(=O)c2cc(-c3ccncc3)n(-c3ccc(C(F)(F)F)cc3)n2)CC1. The summed E-state index contributed by atoms with van der Waals surface area (Å²) in [5, 5.41) is 7.53. The van der Waals surface area contributed by atoms with Gasteiger partial charge in [0.15, 0.2) is 5.69 Å². The number of amides is 2. The fourth-order valence-electron chi connectivity index (χ4n) is 5.67. The van der Waals surface area contributed by atoms with Crippen molar-refractivity contribution in [2.75, 3.05) is 18.4 Å². The number of pyridine rings is 1. The molecule has 40 heavy (non-hydrogen) atoms. The fraction of sp³-hybridized carbons (Fsp3) is 0.267. The van der Waals surface area contributed by atoms with E-state index < -0.39 is 11.7 Å². The Bertz CT molecular complexity index is 1570. The molecule has 4 heterocycles. The predicted molar refractivity (Wildman–Crippen MR) is 143 cm³/mol. The molecule has 0 spiro atoms. The van der Waals surface area contributed by atoms with Crippen molar-refractivity contribution in [2.45, 2.75) is 31.9 Å². The van der Waals surface area contributed by atoms with Crippen molar-refractivity contribution in [2.24, 2.45) is 5.92 Å². The second-order valence-electron chi connectivity index (χ2n) is 10.3. The Kier molecular flexibility index (Phi) is 6.40. The van der Waals surface area contributed by atoms with Crippen LogP contribution in [0.5, 0.6) is 0 Å². The molecule has 0 radical (unpaired) electrons. The largest absolute Gasteiger partial charge is 0.416 e. The smallest absolute Gasteiger partial charge is 0.337 e. The Morgan fingerprint density at radius 2 is 1.68 bits per heavy atom. The molecule has 0 aliphatic carbocycles. The Labute approximate surface area is 228 Å². The molecule has 204 valence electrons. The van der Waals surface area contributed by atoms with Crippen molar-refractivity contribution < 1.29 is 22.8 Å². The monoisotopic (exact) mass is 545 g/mol. The second kappa shape index (κ2) is 9.93. The first-order chi connectivity index (χ1) is 19.2. The number of nitrogens with zero attached hydrogens (tertiary/aromatic N) is 4. The van der Waals surface area contributed by atoms with Crippen LogP contribution in [0.15, 0.2) is 73.1 Å². The van der Waals surface area contributed by atoms with Gasteiger partial charge in [-0.2, -0.15) is 18.3 Å². The maximum atomic E-state index is 13.6. The summed E-state index contributed by atoms with van der Waals surface area (Å²) in [5.74, 6) is -0.371. The Hall–Kier alpha value is -4.47. The Balaban J connectivity index is 1.24. The third-order valence-corrected chi connectivity index (χ3v) is 7.73. The van der Waals surface area contributed by atoms with Crippen molar-refractivity contribution in [1.82, 2.24) is 19.7 Å². The summed E-state index contributed by atoms with van der Waals surface area (Å²) in [7, 11) is 0. The number of anilines is 1. The fourth-order valence-corrected chi connectivity index (χ4v) is 5.67. The number of nitrogens with one attached hydrogen (secondary N) is 1. The number of carbonyl (C=O) groups is 2. The van der Waals surface area contributed by atoms with Crippen LogP contribution in [0.3, 0.4) is 0 Å². The lowest BCUT2D eigenvalue weighted by Crippen LogP contribution is -2.40. The molecule has 0 saturated carbocycles. The molecule has 7 nitrogen and oxygen atoms in total. The van der Waals surface area contributed by atoms with Crippen LogP contribution in [0, 0.1) is 12.8 Å². The van der Waals surface area contributed by atoms with Crippen LogP contribution in [-0.2, 0) is 11.0 Å². The molecule has 1 N–H and O–H groups in total. The zero-order valence-corrected chi connectivity index (χ0v) is 21.7. The highest BCUT2D eigenvalue weighted by Crippen LogP contribution is 2.42. The summed E-state index contributed by atoms with van der Waals surface area (Å²) in [6, 6.07) is 15.8. The minimum Gasteiger partial charge on any atom is -0.337 e. The number of rotatable bonds is 4. The van der Waals surface area contributed by atoms with Crippen molar-refractivity contribution in [3.63, 3.8) is 0 Å². The van der Waals surface area contributed by atoms with Gasteiger partial charge in [-0.15, -0.1) is 0 Å². The molecule has 2 aliphatic heterocycles. The Morgan fingerprint density at radius 1 is 0.975 bits per heavy atom. The van der Waals surface area contributed by atoms with E-state index in [1.807, 2.05) is 25.1 Å². The number of carbonyl (C=O) groups excluding carboxylic acids is 2. The molecule has 2 amide bonds. The first kappa shape index (κ1) is 25.8. The van der Waals surface area contributed by atoms with Gasteiger partial charge in [-0.25, -0.2) is 4.68 Å². The maximum Gasteiger partial charge on any atom is 0.416 e. The van der Waals surface area contributed by atoms with Crippen molar-refractivity contribution in [3.8, 4) is 16.9 Å². The normalized spacial score (nSPS) is 17.6. The van der Waals surface area contributed by atoms with Gasteiger partial charge in [0.05, 0.1) is 22.9 Å². The lowest BCUT2D eigenvalue weighted by Gasteiger charge is -2.33. The third-order valence-electron chi connectivity index (χ3n) is 7.73. The summed E-state index contributed by atoms with van der Waals surface area (Å²) in [5.41, 5.74) is 4.09. The van der Waals surface area contributed by atoms with Crippen LogP contribution in [0.2, 0.25) is 0 Å². The van der Waals surface area contributed by atoms with E-state index >= 15 is 0 Å². The molecule has 10 heteroatoms. The number of alkyl halides is 3. The lowest BCUT2D eigenvalue weighted by molar-refractivity contribution is -0.137. The van der Waals surface area contributed by atoms with Crippen LogP contribution in [0.25, 0.3) is 16.9 Å². The molecule has 1 atom stereocenters. The zero-order chi connectivity index (χ0) is 28.0. The van der Waals surface area contributed by atoms with Crippen LogP contribution in [-0.4, -0.2) is 44.6 Å². The third kappa shape index (κ3) is 4.74. The van der Waals surface area contributed by atoms with Crippen molar-refractivity contribution >= 4 is 17.5 Å². The van der Waals surface area contributed by atoms with Gasteiger partial charge in [0, 0.05) is 36.7 Å².